The van der Waals surface area contributed by atoms with E-state index in [1.807, 2.05) is 6.07 Å². The summed E-state index contributed by atoms with van der Waals surface area (Å²) in [7, 11) is 0. The van der Waals surface area contributed by atoms with Gasteiger partial charge in [-0.05, 0) is 35.9 Å². The third kappa shape index (κ3) is 3.21. The summed E-state index contributed by atoms with van der Waals surface area (Å²) in [5, 5.41) is 10.1. The molecule has 0 aliphatic heterocycles. The molecule has 0 spiro atoms. The molecule has 0 heterocycles. The number of Topliss-reactive ketones (excluding diaryl/α,β-unsaturated/α-hetero) is 1. The summed E-state index contributed by atoms with van der Waals surface area (Å²) < 4.78 is 0.773. The lowest BCUT2D eigenvalue weighted by molar-refractivity contribution is 0.0979. The van der Waals surface area contributed by atoms with Gasteiger partial charge in [-0.25, -0.2) is 0 Å². The molecule has 5 heteroatoms. The number of carbonyl (C=O) groups is 1. The van der Waals surface area contributed by atoms with Gasteiger partial charge in [0.2, 0.25) is 0 Å². The molecule has 0 saturated heterocycles. The van der Waals surface area contributed by atoms with Crippen molar-refractivity contribution in [1.29, 1.82) is 5.26 Å². The predicted molar refractivity (Wildman–Crippen MR) is 83.3 cm³/mol. The second kappa shape index (κ2) is 6.41. The number of halogens is 3. The number of benzene rings is 2. The van der Waals surface area contributed by atoms with Crippen LogP contribution in [0.15, 0.2) is 46.9 Å². The van der Waals surface area contributed by atoms with E-state index in [9.17, 15) is 10.1 Å². The first-order valence-corrected chi connectivity index (χ1v) is 7.22. The number of nitrogens with zero attached hydrogens (tertiary/aromatic N) is 1. The Morgan fingerprint density at radius 1 is 1.20 bits per heavy atom. The molecule has 0 radical (unpaired) electrons. The Labute approximate surface area is 135 Å². The van der Waals surface area contributed by atoms with Gasteiger partial charge in [0.25, 0.3) is 0 Å². The zero-order valence-corrected chi connectivity index (χ0v) is 13.2. The topological polar surface area (TPSA) is 40.9 Å². The molecule has 2 nitrogen and oxygen atoms in total. The first-order valence-electron chi connectivity index (χ1n) is 5.67. The highest BCUT2D eigenvalue weighted by molar-refractivity contribution is 9.10. The van der Waals surface area contributed by atoms with Crippen LogP contribution in [0.4, 0.5) is 0 Å². The molecule has 0 saturated carbocycles. The Bertz CT molecular complexity index is 709. The quantitative estimate of drug-likeness (QED) is 0.694. The maximum absolute atomic E-state index is 12.5. The first-order chi connectivity index (χ1) is 9.52. The van der Waals surface area contributed by atoms with Gasteiger partial charge in [0.1, 0.15) is 5.92 Å². The molecule has 0 bridgehead atoms. The van der Waals surface area contributed by atoms with Crippen molar-refractivity contribution in [3.63, 3.8) is 0 Å². The fraction of sp³-hybridized carbons (Fsp3) is 0.0667. The Morgan fingerprint density at radius 3 is 2.55 bits per heavy atom. The molecule has 2 aromatic carbocycles. The average molecular weight is 369 g/mol. The zero-order chi connectivity index (χ0) is 14.7. The smallest absolute Gasteiger partial charge is 0.185 e. The van der Waals surface area contributed by atoms with E-state index in [4.69, 9.17) is 23.2 Å². The lowest BCUT2D eigenvalue weighted by atomic mass is 9.92. The molecule has 0 amide bonds. The van der Waals surface area contributed by atoms with Crippen molar-refractivity contribution in [2.45, 2.75) is 5.92 Å². The molecule has 0 aliphatic carbocycles. The van der Waals surface area contributed by atoms with Crippen LogP contribution in [0.5, 0.6) is 0 Å². The first kappa shape index (κ1) is 15.1. The van der Waals surface area contributed by atoms with Crippen LogP contribution in [0.25, 0.3) is 0 Å². The monoisotopic (exact) mass is 367 g/mol. The summed E-state index contributed by atoms with van der Waals surface area (Å²) in [4.78, 5) is 12.5. The minimum absolute atomic E-state index is 0.312. The van der Waals surface area contributed by atoms with Gasteiger partial charge in [-0.1, -0.05) is 51.3 Å². The van der Waals surface area contributed by atoms with E-state index in [0.717, 1.165) is 4.47 Å². The average Bonchev–Trinajstić information content (AvgIpc) is 2.39. The molecule has 0 aromatic heterocycles. The lowest BCUT2D eigenvalue weighted by Gasteiger charge is -2.10. The molecule has 0 aliphatic rings. The number of hydrogen-bond acceptors (Lipinski definition) is 2. The summed E-state index contributed by atoms with van der Waals surface area (Å²) in [6.45, 7) is 0. The van der Waals surface area contributed by atoms with Crippen LogP contribution in [0.1, 0.15) is 21.8 Å². The predicted octanol–water partition coefficient (Wildman–Crippen LogP) is 5.25. The Balaban J connectivity index is 2.42. The van der Waals surface area contributed by atoms with Crippen molar-refractivity contribution < 1.29 is 4.79 Å². The highest BCUT2D eigenvalue weighted by Gasteiger charge is 2.23. The second-order valence-electron chi connectivity index (χ2n) is 4.11. The molecule has 1 unspecified atom stereocenters. The fourth-order valence-corrected chi connectivity index (χ4v) is 2.78. The van der Waals surface area contributed by atoms with Gasteiger partial charge in [-0.2, -0.15) is 5.26 Å². The van der Waals surface area contributed by atoms with Gasteiger partial charge < -0.3 is 0 Å². The largest absolute Gasteiger partial charge is 0.292 e. The Hall–Kier alpha value is -1.34. The van der Waals surface area contributed by atoms with E-state index in [1.54, 1.807) is 42.5 Å². The number of carbonyl (C=O) groups excluding carboxylic acids is 1. The molecule has 0 N–H and O–H groups in total. The molecule has 100 valence electrons. The summed E-state index contributed by atoms with van der Waals surface area (Å²) in [6.07, 6.45) is 0. The summed E-state index contributed by atoms with van der Waals surface area (Å²) >= 11 is 15.2. The number of ketones is 1. The van der Waals surface area contributed by atoms with E-state index in [0.29, 0.717) is 21.2 Å². The lowest BCUT2D eigenvalue weighted by Crippen LogP contribution is -2.11. The number of nitriles is 1. The van der Waals surface area contributed by atoms with E-state index < -0.39 is 5.92 Å². The van der Waals surface area contributed by atoms with Gasteiger partial charge >= 0.3 is 0 Å². The Kier molecular flexibility index (Phi) is 4.82. The van der Waals surface area contributed by atoms with Crippen LogP contribution in [0, 0.1) is 11.3 Å². The molecule has 1 atom stereocenters. The number of rotatable bonds is 3. The summed E-state index contributed by atoms with van der Waals surface area (Å²) in [5.74, 6) is -1.26. The Morgan fingerprint density at radius 2 is 1.95 bits per heavy atom. The molecule has 0 fully saturated rings. The van der Waals surface area contributed by atoms with Crippen LogP contribution in [-0.4, -0.2) is 5.78 Å². The maximum atomic E-state index is 12.5. The fourth-order valence-electron chi connectivity index (χ4n) is 1.82. The zero-order valence-electron chi connectivity index (χ0n) is 10.1. The normalized spacial score (nSPS) is 11.7. The van der Waals surface area contributed by atoms with Gasteiger partial charge in [-0.15, -0.1) is 0 Å². The van der Waals surface area contributed by atoms with E-state index in [-0.39, 0.29) is 5.78 Å². The van der Waals surface area contributed by atoms with Gasteiger partial charge in [0, 0.05) is 15.1 Å². The van der Waals surface area contributed by atoms with Crippen molar-refractivity contribution >= 4 is 44.9 Å². The minimum Gasteiger partial charge on any atom is -0.292 e. The third-order valence-electron chi connectivity index (χ3n) is 2.77. The van der Waals surface area contributed by atoms with Gasteiger partial charge in [0.05, 0.1) is 11.1 Å². The molecular weight excluding hydrogens is 361 g/mol. The highest BCUT2D eigenvalue weighted by Crippen LogP contribution is 2.28. The molecular formula is C15H8BrCl2NO. The maximum Gasteiger partial charge on any atom is 0.185 e. The molecule has 20 heavy (non-hydrogen) atoms. The van der Waals surface area contributed by atoms with E-state index in [2.05, 4.69) is 15.9 Å². The van der Waals surface area contributed by atoms with Crippen LogP contribution < -0.4 is 0 Å². The van der Waals surface area contributed by atoms with Crippen LogP contribution in [-0.2, 0) is 0 Å². The van der Waals surface area contributed by atoms with Crippen LogP contribution in [0.2, 0.25) is 10.0 Å². The van der Waals surface area contributed by atoms with E-state index >= 15 is 0 Å². The van der Waals surface area contributed by atoms with Crippen molar-refractivity contribution in [1.82, 2.24) is 0 Å². The number of hydrogen-bond donors (Lipinski definition) is 0. The van der Waals surface area contributed by atoms with Crippen molar-refractivity contribution in [3.05, 3.63) is 68.1 Å². The minimum atomic E-state index is -0.924. The van der Waals surface area contributed by atoms with Crippen molar-refractivity contribution in [2.75, 3.05) is 0 Å². The second-order valence-corrected chi connectivity index (χ2v) is 5.86. The third-order valence-corrected chi connectivity index (χ3v) is 3.81. The standard InChI is InChI=1S/C15H8BrCl2NO/c16-10-4-5-12(14(18)7-10)15(20)13(8-19)9-2-1-3-11(17)6-9/h1-7,13H. The molecule has 2 aromatic rings. The molecule has 2 rings (SSSR count). The SMILES string of the molecule is N#CC(C(=O)c1ccc(Br)cc1Cl)c1cccc(Cl)c1. The van der Waals surface area contributed by atoms with Crippen molar-refractivity contribution in [3.8, 4) is 6.07 Å². The highest BCUT2D eigenvalue weighted by atomic mass is 79.9. The summed E-state index contributed by atoms with van der Waals surface area (Å²) in [5.41, 5.74) is 0.880. The van der Waals surface area contributed by atoms with E-state index in [1.165, 1.54) is 0 Å². The summed E-state index contributed by atoms with van der Waals surface area (Å²) in [6, 6.07) is 13.7. The van der Waals surface area contributed by atoms with Gasteiger partial charge in [0.15, 0.2) is 5.78 Å². The van der Waals surface area contributed by atoms with Crippen LogP contribution in [0.3, 0.4) is 0 Å². The van der Waals surface area contributed by atoms with Gasteiger partial charge in [-0.3, -0.25) is 4.79 Å². The van der Waals surface area contributed by atoms with Crippen LogP contribution >= 0.6 is 39.1 Å². The van der Waals surface area contributed by atoms with Crippen molar-refractivity contribution in [2.24, 2.45) is 0 Å².